The van der Waals surface area contributed by atoms with Crippen LogP contribution in [0.25, 0.3) is 0 Å². The Labute approximate surface area is 98.8 Å². The second-order valence-corrected chi connectivity index (χ2v) is 4.14. The predicted molar refractivity (Wildman–Crippen MR) is 58.8 cm³/mol. The number of ketones is 1. The zero-order valence-electron chi connectivity index (χ0n) is 9.28. The van der Waals surface area contributed by atoms with Gasteiger partial charge in [0, 0.05) is 18.8 Å². The van der Waals surface area contributed by atoms with E-state index in [4.69, 9.17) is 4.74 Å². The molecule has 1 aliphatic heterocycles. The normalized spacial score (nSPS) is 18.4. The van der Waals surface area contributed by atoms with E-state index in [0.717, 1.165) is 0 Å². The average Bonchev–Trinajstić information content (AvgIpc) is 2.39. The van der Waals surface area contributed by atoms with Gasteiger partial charge in [-0.25, -0.2) is 4.39 Å². The molecule has 1 heterocycles. The largest absolute Gasteiger partial charge is 0.381 e. The molecular formula is C13H12FNO2. The molecular weight excluding hydrogens is 221 g/mol. The number of benzene rings is 1. The number of hydrogen-bond acceptors (Lipinski definition) is 3. The number of carbonyl (C=O) groups is 1. The first-order valence-electron chi connectivity index (χ1n) is 5.47. The summed E-state index contributed by atoms with van der Waals surface area (Å²) in [6.07, 6.45) is 0.805. The third-order valence-electron chi connectivity index (χ3n) is 3.10. The summed E-state index contributed by atoms with van der Waals surface area (Å²) in [4.78, 5) is 12.3. The van der Waals surface area contributed by atoms with Crippen molar-refractivity contribution in [2.45, 2.75) is 12.8 Å². The Morgan fingerprint density at radius 3 is 2.41 bits per heavy atom. The fourth-order valence-electron chi connectivity index (χ4n) is 1.99. The van der Waals surface area contributed by atoms with Crippen LogP contribution < -0.4 is 0 Å². The summed E-state index contributed by atoms with van der Waals surface area (Å²) in [7, 11) is 0. The maximum Gasteiger partial charge on any atom is 0.183 e. The molecule has 0 radical (unpaired) electrons. The summed E-state index contributed by atoms with van der Waals surface area (Å²) in [5.74, 6) is -0.622. The molecule has 4 heteroatoms. The molecule has 2 rings (SSSR count). The van der Waals surface area contributed by atoms with Gasteiger partial charge in [-0.1, -0.05) is 0 Å². The van der Waals surface area contributed by atoms with Crippen molar-refractivity contribution in [3.8, 4) is 6.07 Å². The van der Waals surface area contributed by atoms with Crippen molar-refractivity contribution in [2.75, 3.05) is 13.2 Å². The first-order chi connectivity index (χ1) is 8.18. The molecule has 0 saturated carbocycles. The molecule has 1 aliphatic rings. The smallest absolute Gasteiger partial charge is 0.183 e. The second-order valence-electron chi connectivity index (χ2n) is 4.14. The van der Waals surface area contributed by atoms with Gasteiger partial charge in [-0.3, -0.25) is 4.79 Å². The first kappa shape index (κ1) is 11.7. The van der Waals surface area contributed by atoms with E-state index in [9.17, 15) is 14.4 Å². The minimum atomic E-state index is -1.00. The Morgan fingerprint density at radius 1 is 1.29 bits per heavy atom. The van der Waals surface area contributed by atoms with E-state index in [2.05, 4.69) is 6.07 Å². The zero-order valence-corrected chi connectivity index (χ0v) is 9.28. The summed E-state index contributed by atoms with van der Waals surface area (Å²) in [6, 6.07) is 7.42. The van der Waals surface area contributed by atoms with Gasteiger partial charge in [0.05, 0.1) is 6.07 Å². The molecule has 3 nitrogen and oxygen atoms in total. The van der Waals surface area contributed by atoms with E-state index in [-0.39, 0.29) is 11.6 Å². The van der Waals surface area contributed by atoms with Crippen molar-refractivity contribution >= 4 is 5.78 Å². The Hall–Kier alpha value is -1.73. The SMILES string of the molecule is N#CC1(C(=O)c2ccc(F)cc2)CCOCC1. The molecule has 0 aromatic heterocycles. The number of carbonyl (C=O) groups excluding carboxylic acids is 1. The molecule has 0 unspecified atom stereocenters. The maximum absolute atomic E-state index is 12.8. The lowest BCUT2D eigenvalue weighted by Gasteiger charge is -2.29. The van der Waals surface area contributed by atoms with Crippen LogP contribution in [-0.2, 0) is 4.74 Å². The van der Waals surface area contributed by atoms with Gasteiger partial charge >= 0.3 is 0 Å². The van der Waals surface area contributed by atoms with E-state index in [1.54, 1.807) is 0 Å². The molecule has 1 fully saturated rings. The highest BCUT2D eigenvalue weighted by atomic mass is 19.1. The average molecular weight is 233 g/mol. The maximum atomic E-state index is 12.8. The summed E-state index contributed by atoms with van der Waals surface area (Å²) in [5, 5.41) is 9.23. The Morgan fingerprint density at radius 2 is 1.88 bits per heavy atom. The van der Waals surface area contributed by atoms with Gasteiger partial charge in [0.2, 0.25) is 0 Å². The number of nitriles is 1. The van der Waals surface area contributed by atoms with Crippen molar-refractivity contribution in [1.29, 1.82) is 5.26 Å². The van der Waals surface area contributed by atoms with Crippen LogP contribution in [0.3, 0.4) is 0 Å². The van der Waals surface area contributed by atoms with E-state index < -0.39 is 5.41 Å². The Balaban J connectivity index is 2.29. The fourth-order valence-corrected chi connectivity index (χ4v) is 1.99. The minimum Gasteiger partial charge on any atom is -0.381 e. The molecule has 0 aliphatic carbocycles. The molecule has 1 saturated heterocycles. The number of nitrogens with zero attached hydrogens (tertiary/aromatic N) is 1. The van der Waals surface area contributed by atoms with Gasteiger partial charge in [-0.05, 0) is 37.1 Å². The second kappa shape index (κ2) is 4.64. The lowest BCUT2D eigenvalue weighted by molar-refractivity contribution is 0.0355. The number of halogens is 1. The van der Waals surface area contributed by atoms with Crippen molar-refractivity contribution in [3.05, 3.63) is 35.6 Å². The van der Waals surface area contributed by atoms with Crippen molar-refractivity contribution < 1.29 is 13.9 Å². The highest BCUT2D eigenvalue weighted by molar-refractivity contribution is 6.02. The van der Waals surface area contributed by atoms with Gasteiger partial charge in [0.25, 0.3) is 0 Å². The Kier molecular flexibility index (Phi) is 3.21. The van der Waals surface area contributed by atoms with Crippen LogP contribution in [-0.4, -0.2) is 19.0 Å². The van der Waals surface area contributed by atoms with Crippen LogP contribution in [0.15, 0.2) is 24.3 Å². The topological polar surface area (TPSA) is 50.1 Å². The number of Topliss-reactive ketones (excluding diaryl/α,β-unsaturated/α-hetero) is 1. The quantitative estimate of drug-likeness (QED) is 0.736. The lowest BCUT2D eigenvalue weighted by Crippen LogP contribution is -2.36. The molecule has 17 heavy (non-hydrogen) atoms. The summed E-state index contributed by atoms with van der Waals surface area (Å²) in [6.45, 7) is 0.834. The van der Waals surface area contributed by atoms with Crippen LogP contribution in [0, 0.1) is 22.6 Å². The molecule has 0 spiro atoms. The zero-order chi connectivity index (χ0) is 12.3. The fraction of sp³-hybridized carbons (Fsp3) is 0.385. The first-order valence-corrected chi connectivity index (χ1v) is 5.47. The molecule has 1 aromatic rings. The molecule has 0 bridgehead atoms. The van der Waals surface area contributed by atoms with Crippen LogP contribution in [0.2, 0.25) is 0 Å². The van der Waals surface area contributed by atoms with Crippen LogP contribution in [0.4, 0.5) is 4.39 Å². The van der Waals surface area contributed by atoms with E-state index in [1.165, 1.54) is 24.3 Å². The van der Waals surface area contributed by atoms with Crippen molar-refractivity contribution in [2.24, 2.45) is 5.41 Å². The molecule has 88 valence electrons. The summed E-state index contributed by atoms with van der Waals surface area (Å²) < 4.78 is 17.9. The molecule has 1 aromatic carbocycles. The molecule has 0 atom stereocenters. The summed E-state index contributed by atoms with van der Waals surface area (Å²) in [5.41, 5.74) is -0.620. The van der Waals surface area contributed by atoms with Crippen molar-refractivity contribution in [3.63, 3.8) is 0 Å². The minimum absolute atomic E-state index is 0.233. The van der Waals surface area contributed by atoms with Crippen molar-refractivity contribution in [1.82, 2.24) is 0 Å². The number of hydrogen-bond donors (Lipinski definition) is 0. The monoisotopic (exact) mass is 233 g/mol. The third-order valence-corrected chi connectivity index (χ3v) is 3.10. The van der Waals surface area contributed by atoms with E-state index in [0.29, 0.717) is 31.6 Å². The van der Waals surface area contributed by atoms with Crippen LogP contribution in [0.5, 0.6) is 0 Å². The van der Waals surface area contributed by atoms with Gasteiger partial charge < -0.3 is 4.74 Å². The van der Waals surface area contributed by atoms with Crippen LogP contribution in [0.1, 0.15) is 23.2 Å². The van der Waals surface area contributed by atoms with E-state index in [1.807, 2.05) is 0 Å². The van der Waals surface area contributed by atoms with Gasteiger partial charge in [0.15, 0.2) is 5.78 Å². The standard InChI is InChI=1S/C13H12FNO2/c14-11-3-1-10(2-4-11)12(16)13(9-15)5-7-17-8-6-13/h1-4H,5-8H2. The molecule has 0 N–H and O–H groups in total. The molecule has 0 amide bonds. The predicted octanol–water partition coefficient (Wildman–Crippen LogP) is 2.33. The Bertz CT molecular complexity index is 455. The van der Waals surface area contributed by atoms with Crippen LogP contribution >= 0.6 is 0 Å². The van der Waals surface area contributed by atoms with E-state index >= 15 is 0 Å². The number of rotatable bonds is 2. The highest BCUT2D eigenvalue weighted by Gasteiger charge is 2.40. The lowest BCUT2D eigenvalue weighted by atomic mass is 9.75. The third kappa shape index (κ3) is 2.20. The number of ether oxygens (including phenoxy) is 1. The summed E-state index contributed by atoms with van der Waals surface area (Å²) >= 11 is 0. The van der Waals surface area contributed by atoms with Gasteiger partial charge in [0.1, 0.15) is 11.2 Å². The van der Waals surface area contributed by atoms with Gasteiger partial charge in [-0.2, -0.15) is 5.26 Å². The van der Waals surface area contributed by atoms with Gasteiger partial charge in [-0.15, -0.1) is 0 Å². The highest BCUT2D eigenvalue weighted by Crippen LogP contribution is 2.33.